The zero-order chi connectivity index (χ0) is 22.6. The fourth-order valence-electron chi connectivity index (χ4n) is 3.50. The van der Waals surface area contributed by atoms with Crippen LogP contribution in [0.25, 0.3) is 11.1 Å². The average molecular weight is 436 g/mol. The molecule has 0 aliphatic carbocycles. The molecule has 8 heteroatoms. The van der Waals surface area contributed by atoms with Gasteiger partial charge in [-0.15, -0.1) is 0 Å². The Hall–Kier alpha value is -3.03. The van der Waals surface area contributed by atoms with Gasteiger partial charge in [0, 0.05) is 5.56 Å². The fourth-order valence-corrected chi connectivity index (χ4v) is 3.50. The molecular formula is C23H23F3O5. The molecule has 0 bridgehead atoms. The van der Waals surface area contributed by atoms with Gasteiger partial charge in [-0.05, 0) is 54.7 Å². The number of carbonyl (C=O) groups is 2. The molecule has 2 aromatic carbocycles. The number of unbranched alkanes of at least 4 members (excludes halogenated alkanes) is 1. The number of benzene rings is 2. The maximum atomic E-state index is 13.8. The number of rotatable bonds is 7. The number of hydrogen-bond donors (Lipinski definition) is 0. The summed E-state index contributed by atoms with van der Waals surface area (Å²) in [5.41, 5.74) is -0.902. The summed E-state index contributed by atoms with van der Waals surface area (Å²) >= 11 is 0. The number of ketones is 1. The third-order valence-electron chi connectivity index (χ3n) is 5.02. The van der Waals surface area contributed by atoms with Crippen LogP contribution in [0.1, 0.15) is 47.7 Å². The molecule has 0 aromatic heterocycles. The number of fused-ring (bicyclic) bond motifs is 1. The molecule has 3 rings (SSSR count). The van der Waals surface area contributed by atoms with E-state index in [1.807, 2.05) is 6.92 Å². The van der Waals surface area contributed by atoms with Gasteiger partial charge in [-0.3, -0.25) is 4.79 Å². The quantitative estimate of drug-likeness (QED) is 0.257. The van der Waals surface area contributed by atoms with E-state index < -0.39 is 29.1 Å². The van der Waals surface area contributed by atoms with Gasteiger partial charge in [-0.1, -0.05) is 19.4 Å². The summed E-state index contributed by atoms with van der Waals surface area (Å²) in [4.78, 5) is 24.7. The molecule has 31 heavy (non-hydrogen) atoms. The van der Waals surface area contributed by atoms with Gasteiger partial charge in [0.05, 0.1) is 31.5 Å². The van der Waals surface area contributed by atoms with Crippen LogP contribution < -0.4 is 9.47 Å². The molecule has 166 valence electrons. The van der Waals surface area contributed by atoms with Crippen molar-refractivity contribution in [3.63, 3.8) is 0 Å². The SMILES string of the molecule is CCCCOc1ccc(C(F)(F)F)c(C(=O)C(=O)OC)c1-c1ccc2c(c1)CCCO2. The number of methoxy groups -OCH3 is 1. The molecule has 0 N–H and O–H groups in total. The van der Waals surface area contributed by atoms with Crippen LogP contribution in [-0.4, -0.2) is 32.1 Å². The molecule has 1 heterocycles. The normalized spacial score (nSPS) is 13.2. The Morgan fingerprint density at radius 1 is 1.16 bits per heavy atom. The van der Waals surface area contributed by atoms with E-state index in [2.05, 4.69) is 4.74 Å². The topological polar surface area (TPSA) is 61.8 Å². The van der Waals surface area contributed by atoms with Gasteiger partial charge < -0.3 is 14.2 Å². The van der Waals surface area contributed by atoms with Crippen LogP contribution in [-0.2, 0) is 22.1 Å². The lowest BCUT2D eigenvalue weighted by molar-refractivity contribution is -0.138. The number of ether oxygens (including phenoxy) is 3. The number of Topliss-reactive ketones (excluding diaryl/α,β-unsaturated/α-hetero) is 1. The minimum Gasteiger partial charge on any atom is -0.493 e. The Labute approximate surface area is 178 Å². The van der Waals surface area contributed by atoms with Gasteiger partial charge >= 0.3 is 12.1 Å². The van der Waals surface area contributed by atoms with Gasteiger partial charge in [0.2, 0.25) is 0 Å². The highest BCUT2D eigenvalue weighted by Gasteiger charge is 2.40. The highest BCUT2D eigenvalue weighted by atomic mass is 19.4. The monoisotopic (exact) mass is 436 g/mol. The van der Waals surface area contributed by atoms with E-state index >= 15 is 0 Å². The van der Waals surface area contributed by atoms with Crippen LogP contribution in [0.3, 0.4) is 0 Å². The second kappa shape index (κ2) is 9.41. The van der Waals surface area contributed by atoms with Crippen LogP contribution >= 0.6 is 0 Å². The van der Waals surface area contributed by atoms with Crippen molar-refractivity contribution in [2.75, 3.05) is 20.3 Å². The van der Waals surface area contributed by atoms with Crippen molar-refractivity contribution in [1.29, 1.82) is 0 Å². The van der Waals surface area contributed by atoms with Crippen LogP contribution in [0.2, 0.25) is 0 Å². The second-order valence-corrected chi connectivity index (χ2v) is 7.16. The second-order valence-electron chi connectivity index (χ2n) is 7.16. The summed E-state index contributed by atoms with van der Waals surface area (Å²) in [6.07, 6.45) is -1.90. The number of alkyl halides is 3. The molecule has 0 fully saturated rings. The Bertz CT molecular complexity index is 982. The van der Waals surface area contributed by atoms with Gasteiger partial charge in [0.25, 0.3) is 5.78 Å². The molecule has 0 unspecified atom stereocenters. The maximum absolute atomic E-state index is 13.8. The standard InChI is InChI=1S/C23H23F3O5/c1-3-4-11-31-18-10-8-16(23(24,25)26)20(21(27)22(28)29-2)19(18)15-7-9-17-14(13-15)6-5-12-30-17/h7-10,13H,3-6,11-12H2,1-2H3. The zero-order valence-electron chi connectivity index (χ0n) is 17.3. The molecular weight excluding hydrogens is 413 g/mol. The molecule has 0 atom stereocenters. The van der Waals surface area contributed by atoms with Crippen LogP contribution in [0.4, 0.5) is 13.2 Å². The van der Waals surface area contributed by atoms with Gasteiger partial charge in [0.15, 0.2) is 0 Å². The zero-order valence-corrected chi connectivity index (χ0v) is 17.3. The van der Waals surface area contributed by atoms with Gasteiger partial charge in [-0.2, -0.15) is 13.2 Å². The molecule has 0 radical (unpaired) electrons. The van der Waals surface area contributed by atoms with Crippen molar-refractivity contribution < 1.29 is 37.0 Å². The van der Waals surface area contributed by atoms with Crippen molar-refractivity contribution in [2.45, 2.75) is 38.8 Å². The third-order valence-corrected chi connectivity index (χ3v) is 5.02. The molecule has 0 spiro atoms. The van der Waals surface area contributed by atoms with Crippen LogP contribution in [0, 0.1) is 0 Å². The first-order chi connectivity index (χ1) is 14.8. The molecule has 0 saturated carbocycles. The summed E-state index contributed by atoms with van der Waals surface area (Å²) in [5.74, 6) is -2.00. The average Bonchev–Trinajstić information content (AvgIpc) is 2.76. The summed E-state index contributed by atoms with van der Waals surface area (Å²) < 4.78 is 57.2. The van der Waals surface area contributed by atoms with E-state index in [-0.39, 0.29) is 17.9 Å². The van der Waals surface area contributed by atoms with Crippen molar-refractivity contribution in [3.05, 3.63) is 47.0 Å². The first-order valence-electron chi connectivity index (χ1n) is 10.0. The Morgan fingerprint density at radius 3 is 2.61 bits per heavy atom. The predicted molar refractivity (Wildman–Crippen MR) is 107 cm³/mol. The maximum Gasteiger partial charge on any atom is 0.417 e. The van der Waals surface area contributed by atoms with E-state index in [9.17, 15) is 22.8 Å². The van der Waals surface area contributed by atoms with Crippen LogP contribution in [0.5, 0.6) is 11.5 Å². The van der Waals surface area contributed by atoms with E-state index in [1.165, 1.54) is 6.07 Å². The number of esters is 1. The molecule has 2 aromatic rings. The first kappa shape index (κ1) is 22.7. The highest BCUT2D eigenvalue weighted by molar-refractivity contribution is 6.42. The molecule has 1 aliphatic heterocycles. The van der Waals surface area contributed by atoms with Crippen LogP contribution in [0.15, 0.2) is 30.3 Å². The van der Waals surface area contributed by atoms with Crippen molar-refractivity contribution in [1.82, 2.24) is 0 Å². The smallest absolute Gasteiger partial charge is 0.417 e. The molecule has 0 saturated heterocycles. The Balaban J connectivity index is 2.28. The number of hydrogen-bond acceptors (Lipinski definition) is 5. The van der Waals surface area contributed by atoms with Gasteiger partial charge in [-0.25, -0.2) is 4.79 Å². The van der Waals surface area contributed by atoms with E-state index in [0.717, 1.165) is 31.6 Å². The first-order valence-corrected chi connectivity index (χ1v) is 10.0. The number of carbonyl (C=O) groups excluding carboxylic acids is 2. The molecule has 5 nitrogen and oxygen atoms in total. The molecule has 1 aliphatic rings. The third kappa shape index (κ3) is 4.84. The van der Waals surface area contributed by atoms with Crippen molar-refractivity contribution >= 4 is 11.8 Å². The van der Waals surface area contributed by atoms with E-state index in [0.29, 0.717) is 30.8 Å². The van der Waals surface area contributed by atoms with Crippen molar-refractivity contribution in [3.8, 4) is 22.6 Å². The van der Waals surface area contributed by atoms with Gasteiger partial charge in [0.1, 0.15) is 11.5 Å². The van der Waals surface area contributed by atoms with Crippen molar-refractivity contribution in [2.24, 2.45) is 0 Å². The fraction of sp³-hybridized carbons (Fsp3) is 0.391. The summed E-state index contributed by atoms with van der Waals surface area (Å²) in [5, 5.41) is 0. The minimum absolute atomic E-state index is 0.0744. The number of halogens is 3. The lowest BCUT2D eigenvalue weighted by Gasteiger charge is -2.22. The van der Waals surface area contributed by atoms with E-state index in [1.54, 1.807) is 18.2 Å². The number of aryl methyl sites for hydroxylation is 1. The Kier molecular flexibility index (Phi) is 6.87. The predicted octanol–water partition coefficient (Wildman–Crippen LogP) is 5.23. The Morgan fingerprint density at radius 2 is 1.94 bits per heavy atom. The lowest BCUT2D eigenvalue weighted by Crippen LogP contribution is -2.22. The lowest BCUT2D eigenvalue weighted by atomic mass is 9.89. The summed E-state index contributed by atoms with van der Waals surface area (Å²) in [6.45, 7) is 2.77. The minimum atomic E-state index is -4.85. The summed E-state index contributed by atoms with van der Waals surface area (Å²) in [6, 6.07) is 6.87. The molecule has 0 amide bonds. The van der Waals surface area contributed by atoms with E-state index in [4.69, 9.17) is 9.47 Å². The largest absolute Gasteiger partial charge is 0.493 e. The highest BCUT2D eigenvalue weighted by Crippen LogP contribution is 2.43. The summed E-state index contributed by atoms with van der Waals surface area (Å²) in [7, 11) is 0.949.